The molecule has 0 atom stereocenters. The van der Waals surface area contributed by atoms with E-state index in [-0.39, 0.29) is 5.82 Å². The average Bonchev–Trinajstić information content (AvgIpc) is 2.87. The Kier molecular flexibility index (Phi) is 5.82. The maximum absolute atomic E-state index is 13.2. The molecule has 1 aromatic carbocycles. The molecule has 1 aromatic heterocycles. The Morgan fingerprint density at radius 3 is 2.86 bits per heavy atom. The van der Waals surface area contributed by atoms with Crippen LogP contribution < -0.4 is 10.1 Å². The van der Waals surface area contributed by atoms with Crippen LogP contribution in [0, 0.1) is 11.7 Å². The molecule has 1 heterocycles. The van der Waals surface area contributed by atoms with E-state index in [1.807, 2.05) is 6.07 Å². The molecular formula is C16H19BrFNO2. The van der Waals surface area contributed by atoms with Gasteiger partial charge in [-0.1, -0.05) is 13.8 Å². The third-order valence-corrected chi connectivity index (χ3v) is 3.57. The monoisotopic (exact) mass is 355 g/mol. The van der Waals surface area contributed by atoms with E-state index in [0.717, 1.165) is 17.9 Å². The molecule has 0 amide bonds. The number of hydrogen-bond acceptors (Lipinski definition) is 3. The summed E-state index contributed by atoms with van der Waals surface area (Å²) < 4.78 is 24.7. The quantitative estimate of drug-likeness (QED) is 0.793. The summed E-state index contributed by atoms with van der Waals surface area (Å²) in [5.41, 5.74) is 0.992. The molecule has 21 heavy (non-hydrogen) atoms. The minimum Gasteiger partial charge on any atom is -0.489 e. The first kappa shape index (κ1) is 16.0. The SMILES string of the molecule is CC(C)CNCc1occc1COc1ccc(F)c(Br)c1. The van der Waals surface area contributed by atoms with Crippen LogP contribution in [0.3, 0.4) is 0 Å². The summed E-state index contributed by atoms with van der Waals surface area (Å²) in [4.78, 5) is 0. The van der Waals surface area contributed by atoms with Crippen molar-refractivity contribution in [2.45, 2.75) is 27.0 Å². The van der Waals surface area contributed by atoms with Crippen molar-refractivity contribution in [3.05, 3.63) is 52.1 Å². The summed E-state index contributed by atoms with van der Waals surface area (Å²) in [7, 11) is 0. The minimum absolute atomic E-state index is 0.302. The zero-order chi connectivity index (χ0) is 15.2. The van der Waals surface area contributed by atoms with E-state index in [1.54, 1.807) is 18.4 Å². The Hall–Kier alpha value is -1.33. The zero-order valence-corrected chi connectivity index (χ0v) is 13.7. The fourth-order valence-electron chi connectivity index (χ4n) is 1.85. The van der Waals surface area contributed by atoms with Crippen LogP contribution in [-0.4, -0.2) is 6.54 Å². The van der Waals surface area contributed by atoms with Crippen LogP contribution in [0.2, 0.25) is 0 Å². The van der Waals surface area contributed by atoms with Gasteiger partial charge in [0, 0.05) is 5.56 Å². The van der Waals surface area contributed by atoms with Crippen molar-refractivity contribution < 1.29 is 13.5 Å². The van der Waals surface area contributed by atoms with Crippen LogP contribution in [0.15, 0.2) is 39.4 Å². The first-order valence-corrected chi connectivity index (χ1v) is 7.69. The number of furan rings is 1. The zero-order valence-electron chi connectivity index (χ0n) is 12.2. The van der Waals surface area contributed by atoms with Gasteiger partial charge in [0.25, 0.3) is 0 Å². The van der Waals surface area contributed by atoms with Crippen molar-refractivity contribution in [2.75, 3.05) is 6.54 Å². The number of ether oxygens (including phenoxy) is 1. The Morgan fingerprint density at radius 1 is 1.33 bits per heavy atom. The maximum Gasteiger partial charge on any atom is 0.137 e. The van der Waals surface area contributed by atoms with Crippen LogP contribution >= 0.6 is 15.9 Å². The molecule has 0 fully saturated rings. The lowest BCUT2D eigenvalue weighted by Gasteiger charge is -2.09. The molecule has 0 saturated carbocycles. The first-order chi connectivity index (χ1) is 10.1. The third-order valence-electron chi connectivity index (χ3n) is 2.96. The molecule has 2 rings (SSSR count). The standard InChI is InChI=1S/C16H19BrFNO2/c1-11(2)8-19-9-16-12(5-6-20-16)10-21-13-3-4-15(18)14(17)7-13/h3-7,11,19H,8-10H2,1-2H3. The highest BCUT2D eigenvalue weighted by Gasteiger charge is 2.08. The van der Waals surface area contributed by atoms with Crippen molar-refractivity contribution in [1.82, 2.24) is 5.32 Å². The van der Waals surface area contributed by atoms with Crippen LogP contribution in [0.1, 0.15) is 25.2 Å². The average molecular weight is 356 g/mol. The number of rotatable bonds is 7. The van der Waals surface area contributed by atoms with Gasteiger partial charge in [-0.05, 0) is 52.7 Å². The van der Waals surface area contributed by atoms with E-state index in [2.05, 4.69) is 35.1 Å². The molecular weight excluding hydrogens is 337 g/mol. The Bertz CT molecular complexity index is 583. The van der Waals surface area contributed by atoms with Crippen molar-refractivity contribution in [3.8, 4) is 5.75 Å². The third kappa shape index (κ3) is 4.86. The van der Waals surface area contributed by atoms with Gasteiger partial charge in [0.1, 0.15) is 23.9 Å². The van der Waals surface area contributed by atoms with E-state index < -0.39 is 0 Å². The highest BCUT2D eigenvalue weighted by molar-refractivity contribution is 9.10. The first-order valence-electron chi connectivity index (χ1n) is 6.90. The topological polar surface area (TPSA) is 34.4 Å². The highest BCUT2D eigenvalue weighted by atomic mass is 79.9. The highest BCUT2D eigenvalue weighted by Crippen LogP contribution is 2.23. The summed E-state index contributed by atoms with van der Waals surface area (Å²) in [6.07, 6.45) is 1.66. The fourth-order valence-corrected chi connectivity index (χ4v) is 2.21. The summed E-state index contributed by atoms with van der Waals surface area (Å²) in [5.74, 6) is 1.78. The minimum atomic E-state index is -0.302. The van der Waals surface area contributed by atoms with Gasteiger partial charge in [0.2, 0.25) is 0 Å². The molecule has 0 saturated heterocycles. The van der Waals surface area contributed by atoms with Crippen molar-refractivity contribution >= 4 is 15.9 Å². The molecule has 1 N–H and O–H groups in total. The number of benzene rings is 1. The van der Waals surface area contributed by atoms with Crippen molar-refractivity contribution in [1.29, 1.82) is 0 Å². The molecule has 2 aromatic rings. The van der Waals surface area contributed by atoms with Crippen molar-refractivity contribution in [2.24, 2.45) is 5.92 Å². The summed E-state index contributed by atoms with van der Waals surface area (Å²) >= 11 is 3.14. The van der Waals surface area contributed by atoms with Crippen LogP contribution in [0.25, 0.3) is 0 Å². The summed E-state index contributed by atoms with van der Waals surface area (Å²) in [6.45, 7) is 6.33. The van der Waals surface area contributed by atoms with E-state index >= 15 is 0 Å². The van der Waals surface area contributed by atoms with Gasteiger partial charge in [-0.3, -0.25) is 0 Å². The maximum atomic E-state index is 13.2. The number of hydrogen-bond donors (Lipinski definition) is 1. The van der Waals surface area contributed by atoms with Crippen molar-refractivity contribution in [3.63, 3.8) is 0 Å². The Morgan fingerprint density at radius 2 is 2.14 bits per heavy atom. The molecule has 0 aliphatic heterocycles. The molecule has 0 aliphatic carbocycles. The second-order valence-electron chi connectivity index (χ2n) is 5.26. The number of halogens is 2. The largest absolute Gasteiger partial charge is 0.489 e. The van der Waals surface area contributed by atoms with E-state index in [1.165, 1.54) is 6.07 Å². The van der Waals surface area contributed by atoms with Crippen LogP contribution in [0.5, 0.6) is 5.75 Å². The lowest BCUT2D eigenvalue weighted by molar-refractivity contribution is 0.300. The van der Waals surface area contributed by atoms with Gasteiger partial charge < -0.3 is 14.5 Å². The second-order valence-corrected chi connectivity index (χ2v) is 6.11. The van der Waals surface area contributed by atoms with Gasteiger partial charge in [-0.25, -0.2) is 4.39 Å². The Balaban J connectivity index is 1.91. The smallest absolute Gasteiger partial charge is 0.137 e. The summed E-state index contributed by atoms with van der Waals surface area (Å²) in [6, 6.07) is 6.49. The molecule has 0 spiro atoms. The van der Waals surface area contributed by atoms with E-state index in [9.17, 15) is 4.39 Å². The van der Waals surface area contributed by atoms with Gasteiger partial charge in [-0.15, -0.1) is 0 Å². The van der Waals surface area contributed by atoms with Crippen LogP contribution in [0.4, 0.5) is 4.39 Å². The fraction of sp³-hybridized carbons (Fsp3) is 0.375. The number of nitrogens with one attached hydrogen (secondary N) is 1. The lowest BCUT2D eigenvalue weighted by Crippen LogP contribution is -2.19. The molecule has 0 bridgehead atoms. The van der Waals surface area contributed by atoms with Gasteiger partial charge in [-0.2, -0.15) is 0 Å². The molecule has 0 unspecified atom stereocenters. The van der Waals surface area contributed by atoms with Gasteiger partial charge in [0.15, 0.2) is 0 Å². The van der Waals surface area contributed by atoms with Gasteiger partial charge >= 0.3 is 0 Å². The molecule has 0 aliphatic rings. The molecule has 5 heteroatoms. The van der Waals surface area contributed by atoms with Crippen LogP contribution in [-0.2, 0) is 13.2 Å². The lowest BCUT2D eigenvalue weighted by atomic mass is 10.2. The molecule has 3 nitrogen and oxygen atoms in total. The second kappa shape index (κ2) is 7.61. The molecule has 114 valence electrons. The Labute approximate surface area is 132 Å². The predicted molar refractivity (Wildman–Crippen MR) is 83.7 cm³/mol. The summed E-state index contributed by atoms with van der Waals surface area (Å²) in [5, 5.41) is 3.34. The predicted octanol–water partition coefficient (Wildman–Crippen LogP) is 4.51. The van der Waals surface area contributed by atoms with E-state index in [0.29, 0.717) is 29.3 Å². The molecule has 0 radical (unpaired) electrons. The normalized spacial score (nSPS) is 11.1. The van der Waals surface area contributed by atoms with E-state index in [4.69, 9.17) is 9.15 Å². The van der Waals surface area contributed by atoms with Gasteiger partial charge in [0.05, 0.1) is 17.3 Å².